The Labute approximate surface area is 207 Å². The van der Waals surface area contributed by atoms with Crippen LogP contribution in [0.1, 0.15) is 11.3 Å². The molecule has 0 bridgehead atoms. The van der Waals surface area contributed by atoms with Crippen LogP contribution >= 0.6 is 0 Å². The number of aryl methyl sites for hydroxylation is 2. The molecule has 3 heterocycles. The van der Waals surface area contributed by atoms with Gasteiger partial charge in [-0.1, -0.05) is 24.8 Å². The second kappa shape index (κ2) is 9.30. The molecule has 0 aliphatic heterocycles. The summed E-state index contributed by atoms with van der Waals surface area (Å²) in [5, 5.41) is 10.7. The molecule has 5 rings (SSSR count). The van der Waals surface area contributed by atoms with Gasteiger partial charge in [0.1, 0.15) is 11.6 Å². The Hall–Kier alpha value is -5.05. The van der Waals surface area contributed by atoms with E-state index in [0.29, 0.717) is 17.4 Å². The number of carbonyl (C=O) groups excluding carboxylic acids is 1. The summed E-state index contributed by atoms with van der Waals surface area (Å²) >= 11 is 0. The van der Waals surface area contributed by atoms with Crippen LogP contribution in [-0.2, 0) is 4.79 Å². The lowest BCUT2D eigenvalue weighted by Gasteiger charge is -2.15. The minimum atomic E-state index is -0.318. The lowest BCUT2D eigenvalue weighted by molar-refractivity contribution is -0.111. The molecule has 0 spiro atoms. The molecule has 2 aromatic carbocycles. The van der Waals surface area contributed by atoms with Gasteiger partial charge in [-0.3, -0.25) is 9.89 Å². The fourth-order valence-electron chi connectivity index (χ4n) is 4.02. The average molecular weight is 478 g/mol. The van der Waals surface area contributed by atoms with Crippen LogP contribution in [0.4, 0.5) is 11.6 Å². The largest absolute Gasteiger partial charge is 0.424 e. The number of aromatic amines is 1. The number of H-pyrrole nitrogens is 1. The molecule has 0 unspecified atom stereocenters. The minimum absolute atomic E-state index is 0.287. The molecular weight excluding hydrogens is 454 g/mol. The van der Waals surface area contributed by atoms with E-state index < -0.39 is 0 Å². The van der Waals surface area contributed by atoms with Gasteiger partial charge in [-0.25, -0.2) is 15.0 Å². The lowest BCUT2D eigenvalue weighted by atomic mass is 9.90. The number of carbonyl (C=O) groups is 1. The van der Waals surface area contributed by atoms with E-state index in [-0.39, 0.29) is 11.9 Å². The molecular formula is C27H23N7O2. The van der Waals surface area contributed by atoms with Crippen LogP contribution in [0, 0.1) is 13.8 Å². The van der Waals surface area contributed by atoms with Crippen molar-refractivity contribution in [1.82, 2.24) is 25.1 Å². The SMILES string of the molecule is C=CC(=O)Nc1cc(C)c(-c2ccc3[nH]nc(N)c3c2-c2ccc(Oc3nccc(C)n3)cc2)cn1. The maximum absolute atomic E-state index is 11.7. The summed E-state index contributed by atoms with van der Waals surface area (Å²) in [6.07, 6.45) is 4.60. The number of hydrogen-bond acceptors (Lipinski definition) is 7. The van der Waals surface area contributed by atoms with Crippen molar-refractivity contribution in [2.75, 3.05) is 11.1 Å². The van der Waals surface area contributed by atoms with Gasteiger partial charge in [0.05, 0.1) is 10.9 Å². The molecule has 3 aromatic heterocycles. The number of fused-ring (bicyclic) bond motifs is 1. The van der Waals surface area contributed by atoms with Crippen LogP contribution in [0.25, 0.3) is 33.2 Å². The molecule has 36 heavy (non-hydrogen) atoms. The highest BCUT2D eigenvalue weighted by Gasteiger charge is 2.18. The zero-order valence-electron chi connectivity index (χ0n) is 19.7. The predicted molar refractivity (Wildman–Crippen MR) is 140 cm³/mol. The smallest absolute Gasteiger partial charge is 0.322 e. The van der Waals surface area contributed by atoms with Crippen LogP contribution in [0.3, 0.4) is 0 Å². The normalized spacial score (nSPS) is 10.8. The van der Waals surface area contributed by atoms with Crippen molar-refractivity contribution in [3.8, 4) is 34.0 Å². The second-order valence-electron chi connectivity index (χ2n) is 8.20. The lowest BCUT2D eigenvalue weighted by Crippen LogP contribution is -2.09. The summed E-state index contributed by atoms with van der Waals surface area (Å²) in [5.41, 5.74) is 12.5. The number of nitrogen functional groups attached to an aromatic ring is 1. The Morgan fingerprint density at radius 1 is 1.08 bits per heavy atom. The highest BCUT2D eigenvalue weighted by atomic mass is 16.5. The number of benzene rings is 2. The fraction of sp³-hybridized carbons (Fsp3) is 0.0741. The molecule has 1 amide bonds. The first-order chi connectivity index (χ1) is 17.4. The number of rotatable bonds is 6. The summed E-state index contributed by atoms with van der Waals surface area (Å²) in [6, 6.07) is 15.5. The maximum atomic E-state index is 11.7. The van der Waals surface area contributed by atoms with Crippen molar-refractivity contribution >= 4 is 28.4 Å². The van der Waals surface area contributed by atoms with Crippen molar-refractivity contribution < 1.29 is 9.53 Å². The number of hydrogen-bond donors (Lipinski definition) is 3. The molecule has 0 saturated heterocycles. The predicted octanol–water partition coefficient (Wildman–Crippen LogP) is 5.20. The van der Waals surface area contributed by atoms with Gasteiger partial charge in [0.15, 0.2) is 5.82 Å². The quantitative estimate of drug-likeness (QED) is 0.286. The van der Waals surface area contributed by atoms with Gasteiger partial charge in [-0.2, -0.15) is 5.10 Å². The van der Waals surface area contributed by atoms with Gasteiger partial charge in [-0.05, 0) is 66.9 Å². The third-order valence-corrected chi connectivity index (χ3v) is 5.72. The number of nitrogens with one attached hydrogen (secondary N) is 2. The Balaban J connectivity index is 1.59. The molecule has 0 fully saturated rings. The topological polar surface area (TPSA) is 132 Å². The Bertz CT molecular complexity index is 1610. The number of nitrogens with zero attached hydrogens (tertiary/aromatic N) is 4. The highest BCUT2D eigenvalue weighted by molar-refractivity contribution is 6.08. The summed E-state index contributed by atoms with van der Waals surface area (Å²) < 4.78 is 5.82. The molecule has 0 saturated carbocycles. The third kappa shape index (κ3) is 4.37. The van der Waals surface area contributed by atoms with Crippen molar-refractivity contribution in [2.45, 2.75) is 13.8 Å². The summed E-state index contributed by atoms with van der Waals surface area (Å²) in [4.78, 5) is 24.6. The first-order valence-electron chi connectivity index (χ1n) is 11.2. The van der Waals surface area contributed by atoms with Crippen molar-refractivity contribution in [3.05, 3.63) is 84.8 Å². The van der Waals surface area contributed by atoms with Gasteiger partial charge in [0.25, 0.3) is 0 Å². The summed E-state index contributed by atoms with van der Waals surface area (Å²) in [7, 11) is 0. The fourth-order valence-corrected chi connectivity index (χ4v) is 4.02. The number of amides is 1. The van der Waals surface area contributed by atoms with Crippen LogP contribution in [-0.4, -0.2) is 31.1 Å². The van der Waals surface area contributed by atoms with Crippen LogP contribution in [0.15, 0.2) is 73.6 Å². The molecule has 0 atom stereocenters. The molecule has 4 N–H and O–H groups in total. The van der Waals surface area contributed by atoms with Gasteiger partial charge < -0.3 is 15.8 Å². The van der Waals surface area contributed by atoms with Crippen molar-refractivity contribution in [3.63, 3.8) is 0 Å². The van der Waals surface area contributed by atoms with E-state index in [2.05, 4.69) is 37.0 Å². The second-order valence-corrected chi connectivity index (χ2v) is 8.20. The zero-order valence-corrected chi connectivity index (χ0v) is 19.7. The number of pyridine rings is 1. The summed E-state index contributed by atoms with van der Waals surface area (Å²) in [6.45, 7) is 7.32. The highest BCUT2D eigenvalue weighted by Crippen LogP contribution is 2.41. The molecule has 9 nitrogen and oxygen atoms in total. The van der Waals surface area contributed by atoms with Crippen molar-refractivity contribution in [2.24, 2.45) is 0 Å². The monoisotopic (exact) mass is 477 g/mol. The summed E-state index contributed by atoms with van der Waals surface area (Å²) in [5.74, 6) is 1.14. The van der Waals surface area contributed by atoms with E-state index in [9.17, 15) is 4.79 Å². The maximum Gasteiger partial charge on any atom is 0.322 e. The van der Waals surface area contributed by atoms with Crippen LogP contribution in [0.2, 0.25) is 0 Å². The Kier molecular flexibility index (Phi) is 5.87. The molecule has 0 aliphatic rings. The average Bonchev–Trinajstić information content (AvgIpc) is 3.25. The molecule has 178 valence electrons. The molecule has 0 radical (unpaired) electrons. The number of aromatic nitrogens is 5. The van der Waals surface area contributed by atoms with Crippen LogP contribution < -0.4 is 15.8 Å². The first kappa shape index (κ1) is 22.7. The first-order valence-corrected chi connectivity index (χ1v) is 11.2. The number of nitrogens with two attached hydrogens (primary N) is 1. The molecule has 0 aliphatic carbocycles. The minimum Gasteiger partial charge on any atom is -0.424 e. The van der Waals surface area contributed by atoms with E-state index in [1.165, 1.54) is 6.08 Å². The number of anilines is 2. The number of ether oxygens (including phenoxy) is 1. The zero-order chi connectivity index (χ0) is 25.2. The molecule has 5 aromatic rings. The van der Waals surface area contributed by atoms with Gasteiger partial charge in [0, 0.05) is 29.2 Å². The standard InChI is InChI=1S/C27H23N7O2/c1-4-23(35)32-22-13-15(2)20(14-30-22)19-9-10-21-25(26(28)34-33-21)24(19)17-5-7-18(8-6-17)36-27-29-12-11-16(3)31-27/h4-14H,1H2,2-3H3,(H3,28,33,34)(H,30,32,35). The van der Waals surface area contributed by atoms with Gasteiger partial charge >= 0.3 is 6.01 Å². The van der Waals surface area contributed by atoms with Gasteiger partial charge in [0.2, 0.25) is 5.91 Å². The van der Waals surface area contributed by atoms with Crippen molar-refractivity contribution in [1.29, 1.82) is 0 Å². The van der Waals surface area contributed by atoms with Gasteiger partial charge in [-0.15, -0.1) is 0 Å². The van der Waals surface area contributed by atoms with E-state index in [0.717, 1.165) is 44.4 Å². The Morgan fingerprint density at radius 3 is 2.61 bits per heavy atom. The van der Waals surface area contributed by atoms with E-state index in [4.69, 9.17) is 10.5 Å². The van der Waals surface area contributed by atoms with E-state index in [1.54, 1.807) is 12.4 Å². The third-order valence-electron chi connectivity index (χ3n) is 5.72. The molecule has 9 heteroatoms. The van der Waals surface area contributed by atoms with Crippen LogP contribution in [0.5, 0.6) is 11.8 Å². The van der Waals surface area contributed by atoms with E-state index >= 15 is 0 Å². The van der Waals surface area contributed by atoms with E-state index in [1.807, 2.05) is 62.4 Å². The Morgan fingerprint density at radius 2 is 1.89 bits per heavy atom.